The van der Waals surface area contributed by atoms with Crippen LogP contribution in [0.25, 0.3) is 0 Å². The maximum absolute atomic E-state index is 12.9. The summed E-state index contributed by atoms with van der Waals surface area (Å²) in [5, 5.41) is 4.06. The topological polar surface area (TPSA) is 63.4 Å². The maximum atomic E-state index is 12.9. The molecule has 1 saturated heterocycles. The Morgan fingerprint density at radius 2 is 1.96 bits per heavy atom. The molecule has 0 spiro atoms. The fourth-order valence-electron chi connectivity index (χ4n) is 2.89. The summed E-state index contributed by atoms with van der Waals surface area (Å²) in [6.45, 7) is 6.53. The fourth-order valence-corrected chi connectivity index (χ4v) is 4.56. The largest absolute Gasteiger partial charge is 0.359 e. The van der Waals surface area contributed by atoms with Gasteiger partial charge in [0.1, 0.15) is 0 Å². The van der Waals surface area contributed by atoms with E-state index in [-0.39, 0.29) is 12.0 Å². The van der Waals surface area contributed by atoms with Gasteiger partial charge in [0.2, 0.25) is 10.0 Å². The molecule has 1 aromatic carbocycles. The Labute approximate surface area is 137 Å². The molecule has 0 amide bonds. The molecular weight excluding hydrogens is 312 g/mol. The molecule has 0 N–H and O–H groups in total. The molecular formula is C17H22N2O3S. The second-order valence-electron chi connectivity index (χ2n) is 6.40. The molecule has 5 nitrogen and oxygen atoms in total. The van der Waals surface area contributed by atoms with Gasteiger partial charge in [0.05, 0.1) is 16.6 Å². The van der Waals surface area contributed by atoms with E-state index in [1.807, 2.05) is 39.0 Å². The summed E-state index contributed by atoms with van der Waals surface area (Å²) < 4.78 is 32.8. The van der Waals surface area contributed by atoms with Crippen molar-refractivity contribution in [2.24, 2.45) is 0 Å². The van der Waals surface area contributed by atoms with Gasteiger partial charge in [0, 0.05) is 12.6 Å². The van der Waals surface area contributed by atoms with Crippen molar-refractivity contribution >= 4 is 10.0 Å². The zero-order valence-electron chi connectivity index (χ0n) is 13.7. The molecule has 1 aliphatic rings. The lowest BCUT2D eigenvalue weighted by Gasteiger charge is -2.22. The molecule has 1 atom stereocenters. The predicted octanol–water partition coefficient (Wildman–Crippen LogP) is 3.63. The molecule has 3 rings (SSSR count). The molecule has 1 unspecified atom stereocenters. The van der Waals surface area contributed by atoms with Gasteiger partial charge in [-0.05, 0) is 37.8 Å². The highest BCUT2D eigenvalue weighted by Gasteiger charge is 2.38. The van der Waals surface area contributed by atoms with Crippen LogP contribution in [0.5, 0.6) is 0 Å². The quantitative estimate of drug-likeness (QED) is 0.856. The Morgan fingerprint density at radius 3 is 2.57 bits per heavy atom. The first-order valence-corrected chi connectivity index (χ1v) is 9.38. The van der Waals surface area contributed by atoms with E-state index in [1.54, 1.807) is 16.4 Å². The van der Waals surface area contributed by atoms with E-state index >= 15 is 0 Å². The van der Waals surface area contributed by atoms with E-state index in [1.165, 1.54) is 0 Å². The molecule has 2 aromatic rings. The van der Waals surface area contributed by atoms with E-state index in [0.717, 1.165) is 24.1 Å². The summed E-state index contributed by atoms with van der Waals surface area (Å²) in [4.78, 5) is 0.332. The first kappa shape index (κ1) is 16.2. The van der Waals surface area contributed by atoms with Crippen LogP contribution in [-0.2, 0) is 10.0 Å². The summed E-state index contributed by atoms with van der Waals surface area (Å²) in [6.07, 6.45) is 1.59. The van der Waals surface area contributed by atoms with Crippen LogP contribution in [-0.4, -0.2) is 24.4 Å². The normalized spacial score (nSPS) is 19.6. The van der Waals surface area contributed by atoms with Crippen molar-refractivity contribution in [2.75, 3.05) is 6.54 Å². The summed E-state index contributed by atoms with van der Waals surface area (Å²) in [5.41, 5.74) is 1.90. The van der Waals surface area contributed by atoms with Crippen LogP contribution in [0, 0.1) is 6.92 Å². The van der Waals surface area contributed by atoms with Gasteiger partial charge in [-0.1, -0.05) is 36.7 Å². The first-order chi connectivity index (χ1) is 10.9. The zero-order valence-corrected chi connectivity index (χ0v) is 14.5. The van der Waals surface area contributed by atoms with Crippen LogP contribution in [0.4, 0.5) is 0 Å². The lowest BCUT2D eigenvalue weighted by molar-refractivity contribution is 0.295. The van der Waals surface area contributed by atoms with Gasteiger partial charge in [-0.3, -0.25) is 0 Å². The van der Waals surface area contributed by atoms with Crippen molar-refractivity contribution in [3.8, 4) is 0 Å². The number of rotatable bonds is 4. The second kappa shape index (κ2) is 6.09. The summed E-state index contributed by atoms with van der Waals surface area (Å²) in [7, 11) is -3.52. The van der Waals surface area contributed by atoms with Crippen molar-refractivity contribution in [1.29, 1.82) is 0 Å². The predicted molar refractivity (Wildman–Crippen MR) is 87.6 cm³/mol. The van der Waals surface area contributed by atoms with E-state index in [4.69, 9.17) is 4.52 Å². The first-order valence-electron chi connectivity index (χ1n) is 7.94. The molecule has 1 aromatic heterocycles. The number of aromatic nitrogens is 1. The number of hydrogen-bond donors (Lipinski definition) is 0. The van der Waals surface area contributed by atoms with Crippen molar-refractivity contribution < 1.29 is 12.9 Å². The van der Waals surface area contributed by atoms with Gasteiger partial charge in [-0.25, -0.2) is 8.42 Å². The van der Waals surface area contributed by atoms with Gasteiger partial charge < -0.3 is 4.52 Å². The molecule has 0 saturated carbocycles. The highest BCUT2D eigenvalue weighted by Crippen LogP contribution is 2.37. The minimum absolute atomic E-state index is 0.260. The Bertz CT molecular complexity index is 778. The molecule has 23 heavy (non-hydrogen) atoms. The highest BCUT2D eigenvalue weighted by atomic mass is 32.2. The zero-order chi connectivity index (χ0) is 16.6. The lowest BCUT2D eigenvalue weighted by Crippen LogP contribution is -2.30. The van der Waals surface area contributed by atoms with Crippen molar-refractivity contribution in [2.45, 2.75) is 50.5 Å². The Kier molecular flexibility index (Phi) is 4.29. The van der Waals surface area contributed by atoms with Crippen LogP contribution in [0.15, 0.2) is 39.8 Å². The van der Waals surface area contributed by atoms with Crippen LogP contribution >= 0.6 is 0 Å². The molecule has 0 radical (unpaired) electrons. The van der Waals surface area contributed by atoms with Gasteiger partial charge in [-0.15, -0.1) is 0 Å². The van der Waals surface area contributed by atoms with Crippen LogP contribution in [0.3, 0.4) is 0 Å². The highest BCUT2D eigenvalue weighted by molar-refractivity contribution is 7.89. The number of aryl methyl sites for hydroxylation is 1. The van der Waals surface area contributed by atoms with Crippen LogP contribution < -0.4 is 0 Å². The Balaban J connectivity index is 1.92. The lowest BCUT2D eigenvalue weighted by atomic mass is 10.1. The average molecular weight is 334 g/mol. The fraction of sp³-hybridized carbons (Fsp3) is 0.471. The second-order valence-corrected chi connectivity index (χ2v) is 8.29. The summed E-state index contributed by atoms with van der Waals surface area (Å²) in [6, 6.07) is 8.60. The van der Waals surface area contributed by atoms with E-state index in [2.05, 4.69) is 5.16 Å². The van der Waals surface area contributed by atoms with E-state index in [0.29, 0.717) is 17.2 Å². The average Bonchev–Trinajstić information content (AvgIpc) is 3.16. The minimum atomic E-state index is -3.52. The van der Waals surface area contributed by atoms with Gasteiger partial charge >= 0.3 is 0 Å². The smallest absolute Gasteiger partial charge is 0.243 e. The molecule has 1 fully saturated rings. The molecule has 6 heteroatoms. The van der Waals surface area contributed by atoms with Crippen molar-refractivity contribution in [3.05, 3.63) is 47.3 Å². The van der Waals surface area contributed by atoms with Crippen molar-refractivity contribution in [3.63, 3.8) is 0 Å². The maximum Gasteiger partial charge on any atom is 0.243 e. The van der Waals surface area contributed by atoms with Gasteiger partial charge in [0.25, 0.3) is 0 Å². The van der Waals surface area contributed by atoms with E-state index in [9.17, 15) is 8.42 Å². The number of nitrogens with zero attached hydrogens (tertiary/aromatic N) is 2. The standard InChI is InChI=1S/C17H22N2O3S/c1-12(2)15-11-17(22-18-15)16-5-4-10-19(16)23(20,21)14-8-6-13(3)7-9-14/h6-9,11-12,16H,4-5,10H2,1-3H3. The Hall–Kier alpha value is -1.66. The molecule has 0 aliphatic carbocycles. The SMILES string of the molecule is Cc1ccc(S(=O)(=O)N2CCCC2c2cc(C(C)C)no2)cc1. The van der Waals surface area contributed by atoms with Gasteiger partial charge in [-0.2, -0.15) is 4.31 Å². The van der Waals surface area contributed by atoms with E-state index < -0.39 is 10.0 Å². The van der Waals surface area contributed by atoms with Crippen LogP contribution in [0.2, 0.25) is 0 Å². The van der Waals surface area contributed by atoms with Crippen LogP contribution in [0.1, 0.15) is 55.7 Å². The Morgan fingerprint density at radius 1 is 1.26 bits per heavy atom. The molecule has 2 heterocycles. The number of hydrogen-bond acceptors (Lipinski definition) is 4. The molecule has 1 aliphatic heterocycles. The monoisotopic (exact) mass is 334 g/mol. The number of sulfonamides is 1. The third kappa shape index (κ3) is 3.05. The summed E-state index contributed by atoms with van der Waals surface area (Å²) in [5.74, 6) is 0.901. The minimum Gasteiger partial charge on any atom is -0.359 e. The van der Waals surface area contributed by atoms with Crippen molar-refractivity contribution in [1.82, 2.24) is 9.46 Å². The summed E-state index contributed by atoms with van der Waals surface area (Å²) >= 11 is 0. The third-order valence-corrected chi connectivity index (χ3v) is 6.22. The molecule has 124 valence electrons. The van der Waals surface area contributed by atoms with Gasteiger partial charge in [0.15, 0.2) is 5.76 Å². The third-order valence-electron chi connectivity index (χ3n) is 4.30. The number of benzene rings is 1. The molecule has 0 bridgehead atoms.